The zero-order chi connectivity index (χ0) is 10.5. The van der Waals surface area contributed by atoms with Gasteiger partial charge in [0, 0.05) is 12.0 Å². The van der Waals surface area contributed by atoms with Crippen molar-refractivity contribution in [2.24, 2.45) is 5.41 Å². The van der Waals surface area contributed by atoms with E-state index in [1.807, 2.05) is 12.1 Å². The summed E-state index contributed by atoms with van der Waals surface area (Å²) in [6.45, 7) is 0.795. The van der Waals surface area contributed by atoms with Crippen molar-refractivity contribution in [3.8, 4) is 0 Å². The fourth-order valence-corrected chi connectivity index (χ4v) is 4.31. The van der Waals surface area contributed by atoms with Gasteiger partial charge >= 0.3 is 0 Å². The number of hydrogen-bond acceptors (Lipinski definition) is 3. The molecule has 3 nitrogen and oxygen atoms in total. The van der Waals surface area contributed by atoms with Crippen molar-refractivity contribution in [3.63, 3.8) is 0 Å². The summed E-state index contributed by atoms with van der Waals surface area (Å²) < 4.78 is 24.2. The summed E-state index contributed by atoms with van der Waals surface area (Å²) in [4.78, 5) is 0.466. The molecule has 0 atom stereocenters. The van der Waals surface area contributed by atoms with E-state index >= 15 is 0 Å². The van der Waals surface area contributed by atoms with Crippen LogP contribution in [0.2, 0.25) is 0 Å². The lowest BCUT2D eigenvalue weighted by Crippen LogP contribution is -2.20. The summed E-state index contributed by atoms with van der Waals surface area (Å²) in [6, 6.07) is 7.18. The molecule has 15 heavy (non-hydrogen) atoms. The maximum atomic E-state index is 12.1. The van der Waals surface area contributed by atoms with E-state index in [0.29, 0.717) is 10.6 Å². The van der Waals surface area contributed by atoms with Crippen LogP contribution >= 0.6 is 0 Å². The van der Waals surface area contributed by atoms with Crippen LogP contribution in [0.4, 0.5) is 5.69 Å². The SMILES string of the molecule is O=S1(=O)CC2(CC2)CNc2ccccc21. The lowest BCUT2D eigenvalue weighted by Gasteiger charge is -2.09. The van der Waals surface area contributed by atoms with Crippen molar-refractivity contribution < 1.29 is 8.42 Å². The number of sulfone groups is 1. The minimum atomic E-state index is -3.09. The summed E-state index contributed by atoms with van der Waals surface area (Å²) in [5.41, 5.74) is 0.791. The average molecular weight is 223 g/mol. The first-order chi connectivity index (χ1) is 7.11. The van der Waals surface area contributed by atoms with Crippen molar-refractivity contribution >= 4 is 15.5 Å². The summed E-state index contributed by atoms with van der Waals surface area (Å²) in [7, 11) is -3.09. The third-order valence-electron chi connectivity index (χ3n) is 3.33. The Labute approximate surface area is 89.4 Å². The van der Waals surface area contributed by atoms with Crippen molar-refractivity contribution in [1.82, 2.24) is 0 Å². The highest BCUT2D eigenvalue weighted by Gasteiger charge is 2.48. The second kappa shape index (κ2) is 2.76. The molecule has 3 rings (SSSR count). The molecule has 1 fully saturated rings. The quantitative estimate of drug-likeness (QED) is 0.727. The molecule has 0 unspecified atom stereocenters. The standard InChI is InChI=1S/C11H13NO2S/c13-15(14)8-11(5-6-11)7-12-9-3-1-2-4-10(9)15/h1-4,12H,5-8H2. The predicted octanol–water partition coefficient (Wildman–Crippen LogP) is 1.67. The fourth-order valence-electron chi connectivity index (χ4n) is 2.20. The Balaban J connectivity index is 2.15. The molecule has 80 valence electrons. The van der Waals surface area contributed by atoms with Crippen LogP contribution in [0.5, 0.6) is 0 Å². The first-order valence-electron chi connectivity index (χ1n) is 5.17. The average Bonchev–Trinajstić information content (AvgIpc) is 2.96. The first kappa shape index (κ1) is 9.21. The van der Waals surface area contributed by atoms with E-state index < -0.39 is 9.84 Å². The van der Waals surface area contributed by atoms with Gasteiger partial charge in [-0.3, -0.25) is 0 Å². The summed E-state index contributed by atoms with van der Waals surface area (Å²) in [5, 5.41) is 3.25. The van der Waals surface area contributed by atoms with Gasteiger partial charge in [0.25, 0.3) is 0 Å². The van der Waals surface area contributed by atoms with E-state index in [0.717, 1.165) is 25.1 Å². The highest BCUT2D eigenvalue weighted by Crippen LogP contribution is 2.49. The van der Waals surface area contributed by atoms with Gasteiger partial charge in [-0.05, 0) is 25.0 Å². The topological polar surface area (TPSA) is 46.2 Å². The molecule has 1 N–H and O–H groups in total. The molecule has 4 heteroatoms. The van der Waals surface area contributed by atoms with E-state index in [4.69, 9.17) is 0 Å². The summed E-state index contributed by atoms with van der Waals surface area (Å²) in [5.74, 6) is 0.310. The zero-order valence-electron chi connectivity index (χ0n) is 8.36. The van der Waals surface area contributed by atoms with Crippen LogP contribution in [0.3, 0.4) is 0 Å². The van der Waals surface area contributed by atoms with Gasteiger partial charge in [-0.15, -0.1) is 0 Å². The third-order valence-corrected chi connectivity index (χ3v) is 5.35. The number of para-hydroxylation sites is 1. The van der Waals surface area contributed by atoms with Gasteiger partial charge in [-0.2, -0.15) is 0 Å². The van der Waals surface area contributed by atoms with Crippen LogP contribution in [0.15, 0.2) is 29.2 Å². The molecule has 1 aromatic carbocycles. The van der Waals surface area contributed by atoms with Crippen LogP contribution in [0.25, 0.3) is 0 Å². The smallest absolute Gasteiger partial charge is 0.181 e. The Bertz CT molecular complexity index is 503. The summed E-state index contributed by atoms with van der Waals surface area (Å²) >= 11 is 0. The van der Waals surface area contributed by atoms with Crippen LogP contribution in [0, 0.1) is 5.41 Å². The molecule has 1 spiro atoms. The van der Waals surface area contributed by atoms with Gasteiger partial charge in [0.1, 0.15) is 0 Å². The van der Waals surface area contributed by atoms with Gasteiger partial charge in [-0.1, -0.05) is 12.1 Å². The molecule has 0 radical (unpaired) electrons. The number of nitrogens with one attached hydrogen (secondary N) is 1. The lowest BCUT2D eigenvalue weighted by molar-refractivity contribution is 0.562. The van der Waals surface area contributed by atoms with Gasteiger partial charge in [0.05, 0.1) is 16.3 Å². The Morgan fingerprint density at radius 2 is 1.93 bits per heavy atom. The Morgan fingerprint density at radius 3 is 2.67 bits per heavy atom. The largest absolute Gasteiger partial charge is 0.383 e. The van der Waals surface area contributed by atoms with Crippen molar-refractivity contribution in [3.05, 3.63) is 24.3 Å². The number of benzene rings is 1. The first-order valence-corrected chi connectivity index (χ1v) is 6.82. The van der Waals surface area contributed by atoms with Crippen LogP contribution in [-0.4, -0.2) is 20.7 Å². The van der Waals surface area contributed by atoms with Gasteiger partial charge in [-0.25, -0.2) is 8.42 Å². The molecule has 1 saturated carbocycles. The van der Waals surface area contributed by atoms with Crippen molar-refractivity contribution in [2.75, 3.05) is 17.6 Å². The minimum absolute atomic E-state index is 0.0256. The van der Waals surface area contributed by atoms with Gasteiger partial charge in [0.15, 0.2) is 9.84 Å². The second-order valence-electron chi connectivity index (χ2n) is 4.61. The van der Waals surface area contributed by atoms with E-state index in [2.05, 4.69) is 5.32 Å². The van der Waals surface area contributed by atoms with Gasteiger partial charge in [0.2, 0.25) is 0 Å². The molecule has 0 saturated heterocycles. The van der Waals surface area contributed by atoms with Crippen LogP contribution in [0.1, 0.15) is 12.8 Å². The predicted molar refractivity (Wildman–Crippen MR) is 58.7 cm³/mol. The monoisotopic (exact) mass is 223 g/mol. The second-order valence-corrected chi connectivity index (χ2v) is 6.57. The Hall–Kier alpha value is -1.03. The van der Waals surface area contributed by atoms with Crippen molar-refractivity contribution in [2.45, 2.75) is 17.7 Å². The Kier molecular flexibility index (Phi) is 1.69. The van der Waals surface area contributed by atoms with Crippen LogP contribution in [-0.2, 0) is 9.84 Å². The number of anilines is 1. The molecular formula is C11H13NO2S. The van der Waals surface area contributed by atoms with Gasteiger partial charge < -0.3 is 5.32 Å². The molecule has 0 aromatic heterocycles. The third kappa shape index (κ3) is 1.44. The lowest BCUT2D eigenvalue weighted by atomic mass is 10.1. The molecule has 0 bridgehead atoms. The molecule has 1 aliphatic heterocycles. The molecular weight excluding hydrogens is 210 g/mol. The van der Waals surface area contributed by atoms with E-state index in [1.165, 1.54) is 0 Å². The van der Waals surface area contributed by atoms with E-state index in [-0.39, 0.29) is 5.41 Å². The number of fused-ring (bicyclic) bond motifs is 1. The molecule has 1 aliphatic carbocycles. The van der Waals surface area contributed by atoms with Crippen LogP contribution < -0.4 is 5.32 Å². The number of hydrogen-bond donors (Lipinski definition) is 1. The van der Waals surface area contributed by atoms with E-state index in [1.54, 1.807) is 12.1 Å². The van der Waals surface area contributed by atoms with Crippen molar-refractivity contribution in [1.29, 1.82) is 0 Å². The Morgan fingerprint density at radius 1 is 1.20 bits per heavy atom. The highest BCUT2D eigenvalue weighted by molar-refractivity contribution is 7.91. The highest BCUT2D eigenvalue weighted by atomic mass is 32.2. The molecule has 2 aliphatic rings. The fraction of sp³-hybridized carbons (Fsp3) is 0.455. The molecule has 1 heterocycles. The summed E-state index contributed by atoms with van der Waals surface area (Å²) in [6.07, 6.45) is 2.07. The van der Waals surface area contributed by atoms with E-state index in [9.17, 15) is 8.42 Å². The maximum absolute atomic E-state index is 12.1. The molecule has 1 aromatic rings. The minimum Gasteiger partial charge on any atom is -0.383 e. The zero-order valence-corrected chi connectivity index (χ0v) is 9.18. The number of rotatable bonds is 0. The maximum Gasteiger partial charge on any atom is 0.181 e. The molecule has 0 amide bonds. The normalized spacial score (nSPS) is 25.1.